The minimum Gasteiger partial charge on any atom is -0.310 e. The van der Waals surface area contributed by atoms with Crippen LogP contribution in [-0.4, -0.2) is 29.6 Å². The van der Waals surface area contributed by atoms with Crippen LogP contribution in [0.15, 0.2) is 18.2 Å². The maximum atomic E-state index is 13.5. The van der Waals surface area contributed by atoms with Crippen LogP contribution >= 0.6 is 0 Å². The lowest BCUT2D eigenvalue weighted by atomic mass is 9.98. The van der Waals surface area contributed by atoms with Crippen LogP contribution in [0.4, 0.5) is 8.78 Å². The van der Waals surface area contributed by atoms with Crippen molar-refractivity contribution in [1.82, 2.24) is 10.2 Å². The zero-order valence-corrected chi connectivity index (χ0v) is 12.5. The van der Waals surface area contributed by atoms with Gasteiger partial charge in [0.2, 0.25) is 0 Å². The molecule has 1 aromatic rings. The number of hydrogen-bond acceptors (Lipinski definition) is 2. The van der Waals surface area contributed by atoms with E-state index in [9.17, 15) is 8.78 Å². The lowest BCUT2D eigenvalue weighted by Crippen LogP contribution is -2.49. The molecule has 0 unspecified atom stereocenters. The van der Waals surface area contributed by atoms with Gasteiger partial charge in [0, 0.05) is 36.8 Å². The van der Waals surface area contributed by atoms with Crippen molar-refractivity contribution >= 4 is 0 Å². The number of halogens is 2. The number of piperidine rings is 1. The number of benzene rings is 1. The van der Waals surface area contributed by atoms with E-state index in [-0.39, 0.29) is 17.2 Å². The van der Waals surface area contributed by atoms with Gasteiger partial charge in [-0.3, -0.25) is 4.90 Å². The average molecular weight is 282 g/mol. The summed E-state index contributed by atoms with van der Waals surface area (Å²) in [5, 5.41) is 3.34. The minimum absolute atomic E-state index is 0.208. The maximum Gasteiger partial charge on any atom is 0.127 e. The van der Waals surface area contributed by atoms with Crippen LogP contribution in [0.25, 0.3) is 0 Å². The molecule has 1 aromatic carbocycles. The highest BCUT2D eigenvalue weighted by atomic mass is 19.1. The fraction of sp³-hybridized carbons (Fsp3) is 0.625. The highest BCUT2D eigenvalue weighted by molar-refractivity contribution is 5.18. The Morgan fingerprint density at radius 2 is 1.85 bits per heavy atom. The summed E-state index contributed by atoms with van der Waals surface area (Å²) < 4.78 is 26.6. The molecule has 1 saturated heterocycles. The number of hydrogen-bond donors (Lipinski definition) is 1. The predicted octanol–water partition coefficient (Wildman–Crippen LogP) is 3.32. The first-order chi connectivity index (χ1) is 9.36. The normalized spacial score (nSPS) is 18.4. The van der Waals surface area contributed by atoms with Crippen LogP contribution in [0, 0.1) is 11.6 Å². The molecule has 0 saturated carbocycles. The zero-order valence-electron chi connectivity index (χ0n) is 12.5. The lowest BCUT2D eigenvalue weighted by molar-refractivity contribution is 0.0959. The molecule has 4 heteroatoms. The molecule has 0 aliphatic carbocycles. The first-order valence-corrected chi connectivity index (χ1v) is 7.28. The van der Waals surface area contributed by atoms with Crippen LogP contribution in [0.5, 0.6) is 0 Å². The van der Waals surface area contributed by atoms with Gasteiger partial charge in [-0.15, -0.1) is 0 Å². The fourth-order valence-corrected chi connectivity index (χ4v) is 2.69. The minimum atomic E-state index is -0.384. The SMILES string of the molecule is CC(C)(C)N1CCC(NCc2cc(F)ccc2F)CC1. The molecule has 2 rings (SSSR count). The van der Waals surface area contributed by atoms with E-state index in [2.05, 4.69) is 31.0 Å². The Kier molecular flexibility index (Phi) is 4.76. The monoisotopic (exact) mass is 282 g/mol. The molecule has 20 heavy (non-hydrogen) atoms. The summed E-state index contributed by atoms with van der Waals surface area (Å²) in [6, 6.07) is 4.00. The molecule has 1 aliphatic heterocycles. The van der Waals surface area contributed by atoms with Crippen molar-refractivity contribution in [2.75, 3.05) is 13.1 Å². The largest absolute Gasteiger partial charge is 0.310 e. The van der Waals surface area contributed by atoms with E-state index in [1.165, 1.54) is 12.1 Å². The molecule has 0 radical (unpaired) electrons. The second kappa shape index (κ2) is 6.19. The van der Waals surface area contributed by atoms with Gasteiger partial charge >= 0.3 is 0 Å². The summed E-state index contributed by atoms with van der Waals surface area (Å²) in [5.41, 5.74) is 0.614. The second-order valence-electron chi connectivity index (χ2n) is 6.55. The molecule has 1 heterocycles. The highest BCUT2D eigenvalue weighted by Crippen LogP contribution is 2.20. The van der Waals surface area contributed by atoms with Crippen molar-refractivity contribution in [2.24, 2.45) is 0 Å². The quantitative estimate of drug-likeness (QED) is 0.915. The highest BCUT2D eigenvalue weighted by Gasteiger charge is 2.26. The molecule has 0 bridgehead atoms. The third-order valence-electron chi connectivity index (χ3n) is 4.03. The predicted molar refractivity (Wildman–Crippen MR) is 77.5 cm³/mol. The van der Waals surface area contributed by atoms with Crippen molar-refractivity contribution in [3.8, 4) is 0 Å². The van der Waals surface area contributed by atoms with Gasteiger partial charge in [0.05, 0.1) is 0 Å². The Labute approximate surface area is 120 Å². The van der Waals surface area contributed by atoms with E-state index < -0.39 is 0 Å². The molecule has 0 atom stereocenters. The van der Waals surface area contributed by atoms with Crippen molar-refractivity contribution in [3.05, 3.63) is 35.4 Å². The van der Waals surface area contributed by atoms with Crippen LogP contribution in [0.2, 0.25) is 0 Å². The molecule has 2 nitrogen and oxygen atoms in total. The number of rotatable bonds is 3. The van der Waals surface area contributed by atoms with Gasteiger partial charge in [0.15, 0.2) is 0 Å². The van der Waals surface area contributed by atoms with Gasteiger partial charge in [-0.1, -0.05) is 0 Å². The summed E-state index contributed by atoms with van der Waals surface area (Å²) in [4.78, 5) is 2.47. The molecule has 112 valence electrons. The maximum absolute atomic E-state index is 13.5. The Balaban J connectivity index is 1.83. The van der Waals surface area contributed by atoms with Gasteiger partial charge in [-0.05, 0) is 51.8 Å². The third-order valence-corrected chi connectivity index (χ3v) is 4.03. The van der Waals surface area contributed by atoms with Gasteiger partial charge < -0.3 is 5.32 Å². The van der Waals surface area contributed by atoms with Crippen LogP contribution in [0.3, 0.4) is 0 Å². The van der Waals surface area contributed by atoms with Gasteiger partial charge in [0.25, 0.3) is 0 Å². The molecule has 0 amide bonds. The second-order valence-corrected chi connectivity index (χ2v) is 6.55. The zero-order chi connectivity index (χ0) is 14.8. The first kappa shape index (κ1) is 15.4. The summed E-state index contributed by atoms with van der Waals surface area (Å²) in [6.07, 6.45) is 2.10. The van der Waals surface area contributed by atoms with Gasteiger partial charge in [-0.25, -0.2) is 8.78 Å². The van der Waals surface area contributed by atoms with Crippen LogP contribution in [-0.2, 0) is 6.54 Å². The molecule has 1 aliphatic rings. The summed E-state index contributed by atoms with van der Waals surface area (Å²) >= 11 is 0. The Hall–Kier alpha value is -1.00. The molecule has 0 spiro atoms. The smallest absolute Gasteiger partial charge is 0.127 e. The van der Waals surface area contributed by atoms with Crippen molar-refractivity contribution in [1.29, 1.82) is 0 Å². The Morgan fingerprint density at radius 3 is 2.45 bits per heavy atom. The molecular weight excluding hydrogens is 258 g/mol. The standard InChI is InChI=1S/C16H24F2N2/c1-16(2,3)20-8-6-14(7-9-20)19-11-12-10-13(17)4-5-15(12)18/h4-5,10,14,19H,6-9,11H2,1-3H3. The van der Waals surface area contributed by atoms with E-state index >= 15 is 0 Å². The first-order valence-electron chi connectivity index (χ1n) is 7.28. The lowest BCUT2D eigenvalue weighted by Gasteiger charge is -2.41. The number of likely N-dealkylation sites (tertiary alicyclic amines) is 1. The van der Waals surface area contributed by atoms with Crippen LogP contribution in [0.1, 0.15) is 39.2 Å². The van der Waals surface area contributed by atoms with E-state index in [4.69, 9.17) is 0 Å². The number of nitrogens with one attached hydrogen (secondary N) is 1. The Morgan fingerprint density at radius 1 is 1.20 bits per heavy atom. The van der Waals surface area contributed by atoms with E-state index in [0.717, 1.165) is 32.0 Å². The van der Waals surface area contributed by atoms with Crippen molar-refractivity contribution in [3.63, 3.8) is 0 Å². The van der Waals surface area contributed by atoms with Gasteiger partial charge in [-0.2, -0.15) is 0 Å². The molecular formula is C16H24F2N2. The van der Waals surface area contributed by atoms with E-state index in [0.29, 0.717) is 18.2 Å². The summed E-state index contributed by atoms with van der Waals surface area (Å²) in [5.74, 6) is -0.725. The average Bonchev–Trinajstić information content (AvgIpc) is 2.39. The Bertz CT molecular complexity index is 446. The number of nitrogens with zero attached hydrogens (tertiary/aromatic N) is 1. The van der Waals surface area contributed by atoms with E-state index in [1.807, 2.05) is 0 Å². The van der Waals surface area contributed by atoms with Crippen LogP contribution < -0.4 is 5.32 Å². The molecule has 1 N–H and O–H groups in total. The summed E-state index contributed by atoms with van der Waals surface area (Å²) in [6.45, 7) is 9.16. The summed E-state index contributed by atoms with van der Waals surface area (Å²) in [7, 11) is 0. The van der Waals surface area contributed by atoms with E-state index in [1.54, 1.807) is 0 Å². The van der Waals surface area contributed by atoms with Crippen molar-refractivity contribution < 1.29 is 8.78 Å². The fourth-order valence-electron chi connectivity index (χ4n) is 2.69. The van der Waals surface area contributed by atoms with Crippen molar-refractivity contribution in [2.45, 2.75) is 51.7 Å². The third kappa shape index (κ3) is 4.00. The molecule has 1 fully saturated rings. The molecule has 0 aromatic heterocycles. The topological polar surface area (TPSA) is 15.3 Å². The van der Waals surface area contributed by atoms with Gasteiger partial charge in [0.1, 0.15) is 11.6 Å².